The van der Waals surface area contributed by atoms with Crippen LogP contribution < -0.4 is 24.8 Å². The summed E-state index contributed by atoms with van der Waals surface area (Å²) in [5.74, 6) is 0. The van der Waals surface area contributed by atoms with Crippen molar-refractivity contribution in [3.05, 3.63) is 118 Å². The van der Waals surface area contributed by atoms with Gasteiger partial charge in [-0.3, -0.25) is 6.08 Å². The summed E-state index contributed by atoms with van der Waals surface area (Å²) in [5.41, 5.74) is 11.9. The molecule has 0 saturated carbocycles. The summed E-state index contributed by atoms with van der Waals surface area (Å²) in [6, 6.07) is 25.5. The molecular weight excluding hydrogens is 619 g/mol. The van der Waals surface area contributed by atoms with Crippen LogP contribution in [0.4, 0.5) is 0 Å². The van der Waals surface area contributed by atoms with Gasteiger partial charge in [0.15, 0.2) is 0 Å². The van der Waals surface area contributed by atoms with Crippen LogP contribution in [0.5, 0.6) is 0 Å². The number of halogens is 2. The maximum atomic E-state index is 3.53. The molecule has 3 heteroatoms. The SMILES string of the molecule is CC(C)(C)C1=CC[C-]=C1.CC(C)(C)c1c[c-]c2c(c1)-c1cc(C(C)(C)C)ccc1C2.C[C](=[Zr+2])c1ccccc1.[Cl-].[Cl-]. The van der Waals surface area contributed by atoms with Gasteiger partial charge in [-0.25, -0.2) is 6.08 Å². The average Bonchev–Trinajstić information content (AvgIpc) is 3.52. The molecular formula is C38H46Cl2Zr-2. The summed E-state index contributed by atoms with van der Waals surface area (Å²) in [5, 5.41) is 0. The summed E-state index contributed by atoms with van der Waals surface area (Å²) >= 11 is 1.51. The standard InChI is InChI=1S/C21H25.C9H13.C8H8.2ClH.Zr/c1-20(2,3)16-9-7-14-11-15-8-10-17(21(4,5)6)13-19(15)18(14)12-16;1-9(2,3)8-6-4-5-7-8;1-2-8-6-4-3-5-7-8;;;/h7,9-10,12-13H,11H2,1-6H3;6-7H,4H2,1-3H3;3-7H,1H3;2*1H;/q2*-1;;;;+2/p-2. The molecule has 0 heterocycles. The fourth-order valence-electron chi connectivity index (χ4n) is 4.59. The molecule has 0 aliphatic heterocycles. The Labute approximate surface area is 278 Å². The van der Waals surface area contributed by atoms with E-state index in [9.17, 15) is 0 Å². The summed E-state index contributed by atoms with van der Waals surface area (Å²) in [7, 11) is 0. The summed E-state index contributed by atoms with van der Waals surface area (Å²) < 4.78 is 1.46. The van der Waals surface area contributed by atoms with Gasteiger partial charge in [-0.1, -0.05) is 102 Å². The van der Waals surface area contributed by atoms with Crippen molar-refractivity contribution < 1.29 is 49.0 Å². The Hall–Kier alpha value is -1.53. The van der Waals surface area contributed by atoms with E-state index in [4.69, 9.17) is 0 Å². The Morgan fingerprint density at radius 3 is 1.76 bits per heavy atom. The van der Waals surface area contributed by atoms with E-state index in [2.05, 4.69) is 148 Å². The molecule has 218 valence electrons. The van der Waals surface area contributed by atoms with Crippen LogP contribution in [0.1, 0.15) is 103 Å². The van der Waals surface area contributed by atoms with Gasteiger partial charge < -0.3 is 24.8 Å². The molecule has 2 aliphatic rings. The normalized spacial score (nSPS) is 13.2. The van der Waals surface area contributed by atoms with Gasteiger partial charge in [-0.2, -0.15) is 41.0 Å². The minimum absolute atomic E-state index is 0. The van der Waals surface area contributed by atoms with Crippen LogP contribution >= 0.6 is 0 Å². The zero-order valence-electron chi connectivity index (χ0n) is 26.6. The van der Waals surface area contributed by atoms with E-state index in [1.54, 1.807) is 0 Å². The molecule has 2 aliphatic carbocycles. The molecule has 0 bridgehead atoms. The first-order chi connectivity index (χ1) is 18.1. The maximum Gasteiger partial charge on any atom is -1.00 e. The molecule has 41 heavy (non-hydrogen) atoms. The average molecular weight is 665 g/mol. The first kappa shape index (κ1) is 37.5. The van der Waals surface area contributed by atoms with E-state index < -0.39 is 0 Å². The van der Waals surface area contributed by atoms with Crippen molar-refractivity contribution in [2.75, 3.05) is 0 Å². The van der Waals surface area contributed by atoms with Gasteiger partial charge in [0.2, 0.25) is 0 Å². The molecule has 0 saturated heterocycles. The molecule has 0 fully saturated rings. The predicted octanol–water partition coefficient (Wildman–Crippen LogP) is 4.16. The number of rotatable bonds is 1. The summed E-state index contributed by atoms with van der Waals surface area (Å²) in [6.07, 6.45) is 9.53. The van der Waals surface area contributed by atoms with E-state index >= 15 is 0 Å². The fourth-order valence-corrected chi connectivity index (χ4v) is 5.00. The molecule has 0 spiro atoms. The van der Waals surface area contributed by atoms with Gasteiger partial charge in [0, 0.05) is 0 Å². The molecule has 0 aromatic heterocycles. The van der Waals surface area contributed by atoms with Gasteiger partial charge >= 0.3 is 70.3 Å². The third kappa shape index (κ3) is 10.6. The first-order valence-corrected chi connectivity index (χ1v) is 15.4. The third-order valence-electron chi connectivity index (χ3n) is 7.30. The Bertz CT molecular complexity index is 1300. The second-order valence-electron chi connectivity index (χ2n) is 13.8. The van der Waals surface area contributed by atoms with E-state index in [0.29, 0.717) is 5.41 Å². The Morgan fingerprint density at radius 1 is 0.732 bits per heavy atom. The van der Waals surface area contributed by atoms with E-state index in [1.165, 1.54) is 72.0 Å². The van der Waals surface area contributed by atoms with Gasteiger partial charge in [-0.15, -0.1) is 12.0 Å². The van der Waals surface area contributed by atoms with Crippen molar-refractivity contribution in [3.63, 3.8) is 0 Å². The maximum absolute atomic E-state index is 3.53. The molecule has 0 atom stereocenters. The molecule has 0 radical (unpaired) electrons. The van der Waals surface area contributed by atoms with Crippen molar-refractivity contribution >= 4 is 3.21 Å². The molecule has 3 aromatic carbocycles. The van der Waals surface area contributed by atoms with Crippen molar-refractivity contribution in [2.24, 2.45) is 5.41 Å². The monoisotopic (exact) mass is 662 g/mol. The van der Waals surface area contributed by atoms with Gasteiger partial charge in [0.25, 0.3) is 0 Å². The summed E-state index contributed by atoms with van der Waals surface area (Å²) in [4.78, 5) is 0. The minimum Gasteiger partial charge on any atom is -1.00 e. The molecule has 0 nitrogen and oxygen atoms in total. The second kappa shape index (κ2) is 15.3. The molecule has 5 rings (SSSR count). The molecule has 0 amide bonds. The number of fused-ring (bicyclic) bond motifs is 3. The van der Waals surface area contributed by atoms with Crippen LogP contribution in [-0.2, 0) is 41.5 Å². The smallest absolute Gasteiger partial charge is 1.00 e. The van der Waals surface area contributed by atoms with Crippen LogP contribution in [0.15, 0.2) is 78.4 Å². The van der Waals surface area contributed by atoms with Crippen LogP contribution in [0.25, 0.3) is 11.1 Å². The number of benzene rings is 3. The zero-order valence-corrected chi connectivity index (χ0v) is 30.6. The first-order valence-electron chi connectivity index (χ1n) is 14.1. The Morgan fingerprint density at radius 2 is 1.32 bits per heavy atom. The van der Waals surface area contributed by atoms with E-state index in [-0.39, 0.29) is 35.6 Å². The predicted molar refractivity (Wildman–Crippen MR) is 167 cm³/mol. The third-order valence-corrected chi connectivity index (χ3v) is 8.01. The van der Waals surface area contributed by atoms with Crippen molar-refractivity contribution in [1.29, 1.82) is 0 Å². The topological polar surface area (TPSA) is 0 Å². The van der Waals surface area contributed by atoms with Crippen molar-refractivity contribution in [1.82, 2.24) is 0 Å². The quantitative estimate of drug-likeness (QED) is 0.269. The fraction of sp³-hybridized carbons (Fsp3) is 0.395. The summed E-state index contributed by atoms with van der Waals surface area (Å²) in [6.45, 7) is 22.5. The molecule has 3 aromatic rings. The number of hydrogen-bond acceptors (Lipinski definition) is 0. The molecule has 0 N–H and O–H groups in total. The van der Waals surface area contributed by atoms with Crippen LogP contribution in [0, 0.1) is 17.6 Å². The van der Waals surface area contributed by atoms with Crippen molar-refractivity contribution in [3.8, 4) is 11.1 Å². The molecule has 0 unspecified atom stereocenters. The number of allylic oxidation sites excluding steroid dienone is 4. The van der Waals surface area contributed by atoms with E-state index in [0.717, 1.165) is 12.8 Å². The van der Waals surface area contributed by atoms with E-state index in [1.807, 2.05) is 6.07 Å². The largest absolute Gasteiger partial charge is 1.00 e. The zero-order chi connectivity index (χ0) is 29.0. The van der Waals surface area contributed by atoms with Crippen LogP contribution in [0.3, 0.4) is 0 Å². The Balaban J connectivity index is 0.000000351. The number of hydrogen-bond donors (Lipinski definition) is 0. The van der Waals surface area contributed by atoms with Gasteiger partial charge in [0.05, 0.1) is 0 Å². The minimum atomic E-state index is 0. The van der Waals surface area contributed by atoms with Crippen molar-refractivity contribution in [2.45, 2.75) is 92.9 Å². The Kier molecular flexibility index (Phi) is 14.0. The van der Waals surface area contributed by atoms with Gasteiger partial charge in [0.1, 0.15) is 0 Å². The van der Waals surface area contributed by atoms with Crippen LogP contribution in [0.2, 0.25) is 0 Å². The van der Waals surface area contributed by atoms with Crippen LogP contribution in [-0.4, -0.2) is 3.21 Å². The van der Waals surface area contributed by atoms with Gasteiger partial charge in [-0.05, 0) is 17.4 Å². The second-order valence-corrected chi connectivity index (χ2v) is 15.6.